The van der Waals surface area contributed by atoms with E-state index < -0.39 is 0 Å². The van der Waals surface area contributed by atoms with Crippen molar-refractivity contribution < 1.29 is 0 Å². The van der Waals surface area contributed by atoms with Gasteiger partial charge in [-0.3, -0.25) is 0 Å². The molecule has 1 unspecified atom stereocenters. The molecule has 1 aromatic rings. The van der Waals surface area contributed by atoms with Crippen molar-refractivity contribution in [3.63, 3.8) is 0 Å². The van der Waals surface area contributed by atoms with E-state index in [0.717, 1.165) is 18.0 Å². The predicted octanol–water partition coefficient (Wildman–Crippen LogP) is 2.41. The van der Waals surface area contributed by atoms with Crippen LogP contribution in [0.25, 0.3) is 0 Å². The lowest BCUT2D eigenvalue weighted by Gasteiger charge is -2.31. The second-order valence-corrected chi connectivity index (χ2v) is 5.43. The van der Waals surface area contributed by atoms with Crippen LogP contribution < -0.4 is 5.73 Å². The minimum absolute atomic E-state index is 0.0779. The summed E-state index contributed by atoms with van der Waals surface area (Å²) in [6.07, 6.45) is 0.918. The van der Waals surface area contributed by atoms with E-state index >= 15 is 0 Å². The van der Waals surface area contributed by atoms with Gasteiger partial charge in [-0.2, -0.15) is 0 Å². The molecular weight excluding hydrogens is 220 g/mol. The quantitative estimate of drug-likeness (QED) is 0.857. The fraction of sp³-hybridized carbons (Fsp3) is 0.538. The largest absolute Gasteiger partial charge is 0.330 e. The van der Waals surface area contributed by atoms with Crippen molar-refractivity contribution in [1.29, 1.82) is 0 Å². The Balaban J connectivity index is 2.81. The van der Waals surface area contributed by atoms with Crippen molar-refractivity contribution in [2.45, 2.75) is 13.3 Å². The van der Waals surface area contributed by atoms with E-state index in [9.17, 15) is 0 Å². The fourth-order valence-corrected chi connectivity index (χ4v) is 2.26. The number of halogens is 1. The lowest BCUT2D eigenvalue weighted by atomic mass is 9.83. The van der Waals surface area contributed by atoms with Crippen LogP contribution in [0.2, 0.25) is 5.02 Å². The van der Waals surface area contributed by atoms with Crippen molar-refractivity contribution in [3.05, 3.63) is 34.9 Å². The molecule has 16 heavy (non-hydrogen) atoms. The number of nitrogens with two attached hydrogens (primary N) is 1. The van der Waals surface area contributed by atoms with Gasteiger partial charge in [0, 0.05) is 11.6 Å². The van der Waals surface area contributed by atoms with Crippen molar-refractivity contribution in [3.8, 4) is 0 Å². The first kappa shape index (κ1) is 13.5. The topological polar surface area (TPSA) is 29.3 Å². The molecule has 1 rings (SSSR count). The van der Waals surface area contributed by atoms with Crippen LogP contribution in [0.1, 0.15) is 12.5 Å². The van der Waals surface area contributed by atoms with Gasteiger partial charge in [0.1, 0.15) is 0 Å². The minimum Gasteiger partial charge on any atom is -0.330 e. The Morgan fingerprint density at radius 1 is 1.31 bits per heavy atom. The summed E-state index contributed by atoms with van der Waals surface area (Å²) in [5.74, 6) is 0. The Morgan fingerprint density at radius 2 is 1.94 bits per heavy atom. The number of nitrogens with zero attached hydrogens (tertiary/aromatic N) is 1. The zero-order chi connectivity index (χ0) is 12.2. The molecule has 0 saturated heterocycles. The maximum Gasteiger partial charge on any atom is 0.0438 e. The van der Waals surface area contributed by atoms with Gasteiger partial charge in [-0.15, -0.1) is 0 Å². The Hall–Kier alpha value is -0.570. The van der Waals surface area contributed by atoms with E-state index in [1.54, 1.807) is 0 Å². The smallest absolute Gasteiger partial charge is 0.0438 e. The number of hydrogen-bond donors (Lipinski definition) is 1. The molecule has 2 nitrogen and oxygen atoms in total. The van der Waals surface area contributed by atoms with Crippen LogP contribution in [0, 0.1) is 5.41 Å². The third-order valence-corrected chi connectivity index (χ3v) is 3.13. The Kier molecular flexibility index (Phi) is 4.78. The molecule has 0 spiro atoms. The van der Waals surface area contributed by atoms with Crippen molar-refractivity contribution in [1.82, 2.24) is 4.90 Å². The maximum absolute atomic E-state index is 6.17. The lowest BCUT2D eigenvalue weighted by molar-refractivity contribution is 0.224. The van der Waals surface area contributed by atoms with Crippen LogP contribution in [0.4, 0.5) is 0 Å². The second-order valence-electron chi connectivity index (χ2n) is 5.02. The molecule has 2 N–H and O–H groups in total. The average molecular weight is 241 g/mol. The highest BCUT2D eigenvalue weighted by Gasteiger charge is 2.24. The molecule has 0 aliphatic carbocycles. The van der Waals surface area contributed by atoms with E-state index in [4.69, 9.17) is 17.3 Å². The highest BCUT2D eigenvalue weighted by Crippen LogP contribution is 2.26. The molecule has 1 atom stereocenters. The summed E-state index contributed by atoms with van der Waals surface area (Å²) in [4.78, 5) is 2.17. The summed E-state index contributed by atoms with van der Waals surface area (Å²) in [6, 6.07) is 7.99. The second kappa shape index (κ2) is 5.67. The van der Waals surface area contributed by atoms with Gasteiger partial charge in [-0.25, -0.2) is 0 Å². The highest BCUT2D eigenvalue weighted by molar-refractivity contribution is 6.31. The summed E-state index contributed by atoms with van der Waals surface area (Å²) < 4.78 is 0. The molecular formula is C13H21ClN2. The Morgan fingerprint density at radius 3 is 2.44 bits per heavy atom. The third kappa shape index (κ3) is 3.78. The van der Waals surface area contributed by atoms with E-state index in [-0.39, 0.29) is 5.41 Å². The zero-order valence-corrected chi connectivity index (χ0v) is 11.1. The number of rotatable bonds is 5. The Labute approximate surface area is 103 Å². The van der Waals surface area contributed by atoms with E-state index in [0.29, 0.717) is 6.54 Å². The highest BCUT2D eigenvalue weighted by atomic mass is 35.5. The van der Waals surface area contributed by atoms with Crippen LogP contribution >= 0.6 is 11.6 Å². The van der Waals surface area contributed by atoms with Crippen LogP contribution in [-0.2, 0) is 6.42 Å². The summed E-state index contributed by atoms with van der Waals surface area (Å²) in [5, 5.41) is 0.834. The molecule has 0 aromatic heterocycles. The SMILES string of the molecule is CN(C)CC(C)(CN)Cc1ccccc1Cl. The third-order valence-electron chi connectivity index (χ3n) is 2.77. The molecule has 0 bridgehead atoms. The first-order chi connectivity index (χ1) is 7.47. The van der Waals surface area contributed by atoms with Crippen molar-refractivity contribution in [2.24, 2.45) is 11.1 Å². The van der Waals surface area contributed by atoms with E-state index in [1.807, 2.05) is 18.2 Å². The molecule has 0 aliphatic rings. The van der Waals surface area contributed by atoms with Crippen LogP contribution in [0.15, 0.2) is 24.3 Å². The molecule has 0 fully saturated rings. The normalized spacial score (nSPS) is 15.1. The summed E-state index contributed by atoms with van der Waals surface area (Å²) >= 11 is 6.17. The van der Waals surface area contributed by atoms with E-state index in [1.165, 1.54) is 5.56 Å². The van der Waals surface area contributed by atoms with Crippen molar-refractivity contribution >= 4 is 11.6 Å². The van der Waals surface area contributed by atoms with Crippen molar-refractivity contribution in [2.75, 3.05) is 27.2 Å². The molecule has 0 radical (unpaired) electrons. The Bertz CT molecular complexity index is 338. The molecule has 0 saturated carbocycles. The molecule has 0 amide bonds. The van der Waals surface area contributed by atoms with Gasteiger partial charge in [-0.1, -0.05) is 36.7 Å². The maximum atomic E-state index is 6.17. The molecule has 3 heteroatoms. The van der Waals surface area contributed by atoms with Gasteiger partial charge in [0.15, 0.2) is 0 Å². The summed E-state index contributed by atoms with van der Waals surface area (Å²) in [5.41, 5.74) is 7.14. The monoisotopic (exact) mass is 240 g/mol. The van der Waals surface area contributed by atoms with Gasteiger partial charge in [-0.05, 0) is 44.1 Å². The predicted molar refractivity (Wildman–Crippen MR) is 70.9 cm³/mol. The molecule has 0 aliphatic heterocycles. The molecule has 1 aromatic carbocycles. The zero-order valence-electron chi connectivity index (χ0n) is 10.3. The fourth-order valence-electron chi connectivity index (χ4n) is 2.06. The minimum atomic E-state index is 0.0779. The van der Waals surface area contributed by atoms with E-state index in [2.05, 4.69) is 32.0 Å². The standard InChI is InChI=1S/C13H21ClN2/c1-13(9-15,10-16(2)3)8-11-6-4-5-7-12(11)14/h4-7H,8-10,15H2,1-3H3. The number of benzene rings is 1. The van der Waals surface area contributed by atoms with Gasteiger partial charge in [0.25, 0.3) is 0 Å². The summed E-state index contributed by atoms with van der Waals surface area (Å²) in [6.45, 7) is 3.83. The van der Waals surface area contributed by atoms with Crippen LogP contribution in [0.3, 0.4) is 0 Å². The average Bonchev–Trinajstić information content (AvgIpc) is 2.20. The molecule has 90 valence electrons. The summed E-state index contributed by atoms with van der Waals surface area (Å²) in [7, 11) is 4.14. The van der Waals surface area contributed by atoms with Crippen LogP contribution in [0.5, 0.6) is 0 Å². The lowest BCUT2D eigenvalue weighted by Crippen LogP contribution is -2.39. The molecule has 0 heterocycles. The van der Waals surface area contributed by atoms with Gasteiger partial charge >= 0.3 is 0 Å². The van der Waals surface area contributed by atoms with Gasteiger partial charge < -0.3 is 10.6 Å². The first-order valence-electron chi connectivity index (χ1n) is 5.55. The first-order valence-corrected chi connectivity index (χ1v) is 5.93. The van der Waals surface area contributed by atoms with Crippen LogP contribution in [-0.4, -0.2) is 32.1 Å². The van der Waals surface area contributed by atoms with Gasteiger partial charge in [0.2, 0.25) is 0 Å². The van der Waals surface area contributed by atoms with Gasteiger partial charge in [0.05, 0.1) is 0 Å². The number of hydrogen-bond acceptors (Lipinski definition) is 2.